The van der Waals surface area contributed by atoms with Gasteiger partial charge in [0, 0.05) is 6.04 Å². The Bertz CT molecular complexity index is 720. The van der Waals surface area contributed by atoms with E-state index in [1.165, 1.54) is 43.4 Å². The molecule has 1 fully saturated rings. The highest BCUT2D eigenvalue weighted by Gasteiger charge is 2.21. The fraction of sp³-hybridized carbons (Fsp3) is 0.444. The molecule has 1 aromatic heterocycles. The third kappa shape index (κ3) is 3.54. The molecule has 3 rings (SSSR count). The van der Waals surface area contributed by atoms with E-state index in [2.05, 4.69) is 16.0 Å². The molecule has 1 N–H and O–H groups in total. The summed E-state index contributed by atoms with van der Waals surface area (Å²) in [5, 5.41) is 20.5. The van der Waals surface area contributed by atoms with E-state index in [0.29, 0.717) is 23.2 Å². The Kier molecular flexibility index (Phi) is 4.94. The van der Waals surface area contributed by atoms with Crippen LogP contribution in [0.3, 0.4) is 0 Å². The van der Waals surface area contributed by atoms with Gasteiger partial charge in [-0.1, -0.05) is 31.4 Å². The number of fused-ring (bicyclic) bond motifs is 1. The van der Waals surface area contributed by atoms with E-state index in [4.69, 9.17) is 0 Å². The fourth-order valence-corrected chi connectivity index (χ4v) is 4.16. The summed E-state index contributed by atoms with van der Waals surface area (Å²) in [6.45, 7) is 0.406. The second-order valence-corrected chi connectivity index (χ2v) is 7.16. The van der Waals surface area contributed by atoms with Gasteiger partial charge >= 0.3 is 0 Å². The zero-order valence-corrected chi connectivity index (χ0v) is 14.1. The molecule has 0 saturated heterocycles. The molecule has 120 valence electrons. The number of benzene rings is 1. The summed E-state index contributed by atoms with van der Waals surface area (Å²) in [5.74, 6) is 0.125. The van der Waals surface area contributed by atoms with Crippen molar-refractivity contribution in [2.24, 2.45) is 0 Å². The first-order valence-electron chi connectivity index (χ1n) is 8.07. The van der Waals surface area contributed by atoms with Crippen molar-refractivity contribution >= 4 is 27.1 Å². The number of nitriles is 1. The van der Waals surface area contributed by atoms with Crippen LogP contribution < -0.4 is 0 Å². The Hall–Kier alpha value is -1.90. The predicted molar refractivity (Wildman–Crippen MR) is 94.3 cm³/mol. The van der Waals surface area contributed by atoms with Gasteiger partial charge in [-0.05, 0) is 32.0 Å². The Labute approximate surface area is 140 Å². The molecule has 0 radical (unpaired) electrons. The van der Waals surface area contributed by atoms with Crippen LogP contribution in [0.2, 0.25) is 0 Å². The second-order valence-electron chi connectivity index (χ2n) is 6.13. The minimum atomic E-state index is 0.125. The van der Waals surface area contributed by atoms with Gasteiger partial charge in [-0.2, -0.15) is 5.26 Å². The quantitative estimate of drug-likeness (QED) is 0.670. The predicted octanol–water partition coefficient (Wildman–Crippen LogP) is 4.35. The number of hydrogen-bond donors (Lipinski definition) is 1. The molecular weight excluding hydrogens is 306 g/mol. The Balaban J connectivity index is 1.82. The molecule has 2 aromatic rings. The second kappa shape index (κ2) is 7.12. The largest absolute Gasteiger partial charge is 0.509 e. The zero-order valence-electron chi connectivity index (χ0n) is 13.3. The van der Waals surface area contributed by atoms with Crippen LogP contribution in [-0.4, -0.2) is 34.6 Å². The molecule has 0 bridgehead atoms. The Morgan fingerprint density at radius 2 is 2.09 bits per heavy atom. The zero-order chi connectivity index (χ0) is 16.2. The third-order valence-electron chi connectivity index (χ3n) is 4.51. The van der Waals surface area contributed by atoms with Gasteiger partial charge in [0.1, 0.15) is 22.4 Å². The highest BCUT2D eigenvalue weighted by Crippen LogP contribution is 2.29. The van der Waals surface area contributed by atoms with E-state index >= 15 is 0 Å². The Morgan fingerprint density at radius 3 is 2.78 bits per heavy atom. The molecule has 0 spiro atoms. The first kappa shape index (κ1) is 16.0. The molecule has 23 heavy (non-hydrogen) atoms. The van der Waals surface area contributed by atoms with E-state index in [1.807, 2.05) is 31.3 Å². The van der Waals surface area contributed by atoms with Crippen molar-refractivity contribution in [2.75, 3.05) is 13.6 Å². The van der Waals surface area contributed by atoms with Gasteiger partial charge in [-0.3, -0.25) is 4.90 Å². The van der Waals surface area contributed by atoms with Crippen molar-refractivity contribution in [1.82, 2.24) is 9.88 Å². The van der Waals surface area contributed by atoms with E-state index < -0.39 is 0 Å². The van der Waals surface area contributed by atoms with E-state index in [0.717, 1.165) is 10.2 Å². The smallest absolute Gasteiger partial charge is 0.138 e. The lowest BCUT2D eigenvalue weighted by atomic mass is 9.94. The molecule has 1 aromatic carbocycles. The first-order valence-corrected chi connectivity index (χ1v) is 8.89. The van der Waals surface area contributed by atoms with Crippen LogP contribution in [0.15, 0.2) is 30.0 Å². The number of aliphatic hydroxyl groups is 1. The fourth-order valence-electron chi connectivity index (χ4n) is 3.18. The molecule has 1 aliphatic carbocycles. The molecule has 5 heteroatoms. The summed E-state index contributed by atoms with van der Waals surface area (Å²) < 4.78 is 1.03. The molecule has 1 heterocycles. The number of rotatable bonds is 4. The molecular formula is C18H21N3OS. The highest BCUT2D eigenvalue weighted by molar-refractivity contribution is 7.19. The lowest BCUT2D eigenvalue weighted by molar-refractivity contribution is 0.184. The Morgan fingerprint density at radius 1 is 1.35 bits per heavy atom. The minimum absolute atomic E-state index is 0.125. The van der Waals surface area contributed by atoms with Gasteiger partial charge in [0.05, 0.1) is 16.8 Å². The monoisotopic (exact) mass is 327 g/mol. The summed E-state index contributed by atoms with van der Waals surface area (Å²) in [7, 11) is 2.03. The lowest BCUT2D eigenvalue weighted by Crippen LogP contribution is -2.35. The molecule has 1 saturated carbocycles. The number of allylic oxidation sites excluding steroid dienone is 1. The summed E-state index contributed by atoms with van der Waals surface area (Å²) in [4.78, 5) is 6.65. The van der Waals surface area contributed by atoms with Gasteiger partial charge in [0.15, 0.2) is 0 Å². The van der Waals surface area contributed by atoms with Crippen LogP contribution in [0, 0.1) is 11.3 Å². The van der Waals surface area contributed by atoms with Gasteiger partial charge in [-0.25, -0.2) is 4.98 Å². The topological polar surface area (TPSA) is 60.1 Å². The van der Waals surface area contributed by atoms with Crippen molar-refractivity contribution in [3.05, 3.63) is 35.0 Å². The number of para-hydroxylation sites is 1. The van der Waals surface area contributed by atoms with Crippen molar-refractivity contribution in [3.63, 3.8) is 0 Å². The van der Waals surface area contributed by atoms with E-state index in [1.54, 1.807) is 0 Å². The highest BCUT2D eigenvalue weighted by atomic mass is 32.1. The number of hydrogen-bond acceptors (Lipinski definition) is 5. The van der Waals surface area contributed by atoms with Gasteiger partial charge in [0.25, 0.3) is 0 Å². The van der Waals surface area contributed by atoms with Crippen LogP contribution in [0.5, 0.6) is 0 Å². The molecule has 1 aliphatic rings. The number of likely N-dealkylation sites (N-methyl/N-ethyl adjacent to an activating group) is 1. The van der Waals surface area contributed by atoms with Gasteiger partial charge < -0.3 is 5.11 Å². The summed E-state index contributed by atoms with van der Waals surface area (Å²) >= 11 is 1.45. The molecule has 4 nitrogen and oxygen atoms in total. The molecule has 0 atom stereocenters. The minimum Gasteiger partial charge on any atom is -0.509 e. The maximum Gasteiger partial charge on any atom is 0.138 e. The van der Waals surface area contributed by atoms with Crippen LogP contribution >= 0.6 is 11.3 Å². The number of aliphatic hydroxyl groups excluding tert-OH is 1. The van der Waals surface area contributed by atoms with Crippen molar-refractivity contribution in [3.8, 4) is 6.07 Å². The molecule has 0 amide bonds. The van der Waals surface area contributed by atoms with Crippen LogP contribution in [0.1, 0.15) is 37.1 Å². The van der Waals surface area contributed by atoms with Crippen LogP contribution in [0.4, 0.5) is 0 Å². The standard InChI is InChI=1S/C18H21N3OS/c1-21(13-7-3-2-4-8-13)12-16(22)14(11-19)18-20-15-9-5-6-10-17(15)23-18/h5-6,9-10,13,22H,2-4,7-8,12H2,1H3/b16-14-. The summed E-state index contributed by atoms with van der Waals surface area (Å²) in [6, 6.07) is 10.4. The van der Waals surface area contributed by atoms with Crippen LogP contribution in [-0.2, 0) is 0 Å². The van der Waals surface area contributed by atoms with Crippen molar-refractivity contribution in [1.29, 1.82) is 5.26 Å². The maximum absolute atomic E-state index is 10.5. The summed E-state index contributed by atoms with van der Waals surface area (Å²) in [6.07, 6.45) is 6.16. The molecule has 0 unspecified atom stereocenters. The normalized spacial score (nSPS) is 17.3. The lowest BCUT2D eigenvalue weighted by Gasteiger charge is -2.30. The number of thiazole rings is 1. The first-order chi connectivity index (χ1) is 11.2. The average molecular weight is 327 g/mol. The van der Waals surface area contributed by atoms with Crippen molar-refractivity contribution < 1.29 is 5.11 Å². The van der Waals surface area contributed by atoms with Gasteiger partial charge in [-0.15, -0.1) is 11.3 Å². The van der Waals surface area contributed by atoms with E-state index in [-0.39, 0.29) is 5.76 Å². The van der Waals surface area contributed by atoms with Gasteiger partial charge in [0.2, 0.25) is 0 Å². The third-order valence-corrected chi connectivity index (χ3v) is 5.56. The van der Waals surface area contributed by atoms with Crippen LogP contribution in [0.25, 0.3) is 15.8 Å². The maximum atomic E-state index is 10.5. The summed E-state index contributed by atoms with van der Waals surface area (Å²) in [5.41, 5.74) is 1.17. The number of nitrogens with zero attached hydrogens (tertiary/aromatic N) is 3. The number of aromatic nitrogens is 1. The van der Waals surface area contributed by atoms with E-state index in [9.17, 15) is 10.4 Å². The average Bonchev–Trinajstić information content (AvgIpc) is 2.99. The van der Waals surface area contributed by atoms with Crippen molar-refractivity contribution in [2.45, 2.75) is 38.1 Å². The SMILES string of the molecule is CN(C/C(O)=C(\C#N)c1nc2ccccc2s1)C1CCCCC1. The molecule has 0 aliphatic heterocycles.